The van der Waals surface area contributed by atoms with E-state index < -0.39 is 11.7 Å². The highest BCUT2D eigenvalue weighted by molar-refractivity contribution is 7.99. The number of rotatable bonds is 8. The largest absolute Gasteiger partial charge is 0.486 e. The molecule has 4 rings (SSSR count). The minimum atomic E-state index is -4.45. The molecule has 0 aliphatic heterocycles. The molecule has 0 fully saturated rings. The van der Waals surface area contributed by atoms with Crippen molar-refractivity contribution >= 4 is 45.7 Å². The van der Waals surface area contributed by atoms with Gasteiger partial charge in [-0.15, -0.1) is 21.5 Å². The van der Waals surface area contributed by atoms with Crippen molar-refractivity contribution in [3.63, 3.8) is 0 Å². The molecule has 2 aromatic carbocycles. The average molecular weight is 540 g/mol. The highest BCUT2D eigenvalue weighted by Crippen LogP contribution is 2.31. The molecule has 0 saturated heterocycles. The minimum Gasteiger partial charge on any atom is -0.486 e. The molecule has 4 aromatic rings. The second-order valence-electron chi connectivity index (χ2n) is 7.15. The summed E-state index contributed by atoms with van der Waals surface area (Å²) in [6, 6.07) is 11.8. The third-order valence-electron chi connectivity index (χ3n) is 4.68. The van der Waals surface area contributed by atoms with Crippen molar-refractivity contribution in [2.45, 2.75) is 17.9 Å². The van der Waals surface area contributed by atoms with Crippen LogP contribution >= 0.6 is 34.7 Å². The maximum Gasteiger partial charge on any atom is 0.416 e. The number of thioether (sulfide) groups is 1. The van der Waals surface area contributed by atoms with E-state index >= 15 is 0 Å². The first-order valence-electron chi connectivity index (χ1n) is 10.0. The number of amides is 1. The van der Waals surface area contributed by atoms with Gasteiger partial charge in [0.05, 0.1) is 17.0 Å². The van der Waals surface area contributed by atoms with Crippen molar-refractivity contribution in [1.29, 1.82) is 0 Å². The SMILES string of the molecule is Cn1c(COc2cccc(C(F)(F)F)c2)nnc1SCC(=O)Nc1nc(-c2ccc(Cl)cc2)cs1. The number of alkyl halides is 3. The lowest BCUT2D eigenvalue weighted by atomic mass is 10.2. The highest BCUT2D eigenvalue weighted by atomic mass is 35.5. The van der Waals surface area contributed by atoms with E-state index in [2.05, 4.69) is 20.5 Å². The summed E-state index contributed by atoms with van der Waals surface area (Å²) in [6.07, 6.45) is -4.45. The quantitative estimate of drug-likeness (QED) is 0.280. The Bertz CT molecular complexity index is 1330. The Morgan fingerprint density at radius 1 is 1.20 bits per heavy atom. The Kier molecular flexibility index (Phi) is 7.63. The molecule has 2 aromatic heterocycles. The van der Waals surface area contributed by atoms with Gasteiger partial charge in [-0.3, -0.25) is 4.79 Å². The van der Waals surface area contributed by atoms with E-state index in [1.165, 1.54) is 23.5 Å². The molecule has 0 radical (unpaired) electrons. The van der Waals surface area contributed by atoms with E-state index in [1.807, 2.05) is 17.5 Å². The molecule has 182 valence electrons. The number of carbonyl (C=O) groups excluding carboxylic acids is 1. The standard InChI is InChI=1S/C22H17ClF3N5O2S2/c1-31-18(10-33-16-4-2-3-14(9-16)22(24,25)26)29-30-21(31)35-12-19(32)28-20-27-17(11-34-20)13-5-7-15(23)8-6-13/h2-9,11H,10,12H2,1H3,(H,27,28,32). The summed E-state index contributed by atoms with van der Waals surface area (Å²) in [4.78, 5) is 16.8. The van der Waals surface area contributed by atoms with Crippen molar-refractivity contribution < 1.29 is 22.7 Å². The molecule has 0 aliphatic rings. The first-order chi connectivity index (χ1) is 16.7. The third-order valence-corrected chi connectivity index (χ3v) is 6.71. The van der Waals surface area contributed by atoms with Crippen LogP contribution in [0.3, 0.4) is 0 Å². The fourth-order valence-electron chi connectivity index (χ4n) is 2.88. The Balaban J connectivity index is 1.30. The van der Waals surface area contributed by atoms with Crippen molar-refractivity contribution in [3.05, 3.63) is 70.3 Å². The number of thiazole rings is 1. The summed E-state index contributed by atoms with van der Waals surface area (Å²) in [7, 11) is 1.68. The number of aromatic nitrogens is 4. The first kappa shape index (κ1) is 25.0. The van der Waals surface area contributed by atoms with Gasteiger partial charge >= 0.3 is 6.18 Å². The molecule has 0 saturated carbocycles. The number of carbonyl (C=O) groups is 1. The zero-order chi connectivity index (χ0) is 25.0. The van der Waals surface area contributed by atoms with Crippen molar-refractivity contribution in [3.8, 4) is 17.0 Å². The van der Waals surface area contributed by atoms with E-state index in [1.54, 1.807) is 23.7 Å². The van der Waals surface area contributed by atoms with Crippen LogP contribution < -0.4 is 10.1 Å². The van der Waals surface area contributed by atoms with E-state index in [4.69, 9.17) is 16.3 Å². The lowest BCUT2D eigenvalue weighted by Crippen LogP contribution is -2.14. The minimum absolute atomic E-state index is 0.0658. The molecule has 1 amide bonds. The van der Waals surface area contributed by atoms with Crippen LogP contribution in [-0.4, -0.2) is 31.4 Å². The van der Waals surface area contributed by atoms with Crippen molar-refractivity contribution in [2.24, 2.45) is 7.05 Å². The highest BCUT2D eigenvalue weighted by Gasteiger charge is 2.30. The maximum absolute atomic E-state index is 12.9. The molecule has 35 heavy (non-hydrogen) atoms. The van der Waals surface area contributed by atoms with Gasteiger partial charge in [-0.1, -0.05) is 41.6 Å². The Morgan fingerprint density at radius 2 is 1.97 bits per heavy atom. The number of anilines is 1. The van der Waals surface area contributed by atoms with Gasteiger partial charge in [0, 0.05) is 23.0 Å². The van der Waals surface area contributed by atoms with Gasteiger partial charge in [0.2, 0.25) is 5.91 Å². The number of halogens is 4. The molecule has 13 heteroatoms. The monoisotopic (exact) mass is 539 g/mol. The van der Waals surface area contributed by atoms with Crippen molar-refractivity contribution in [2.75, 3.05) is 11.1 Å². The summed E-state index contributed by atoms with van der Waals surface area (Å²) in [5.41, 5.74) is 0.823. The second kappa shape index (κ2) is 10.7. The Morgan fingerprint density at radius 3 is 2.71 bits per heavy atom. The van der Waals surface area contributed by atoms with E-state index in [0.717, 1.165) is 35.2 Å². The molecular weight excluding hydrogens is 523 g/mol. The molecule has 0 bridgehead atoms. The van der Waals surface area contributed by atoms with E-state index in [0.29, 0.717) is 21.1 Å². The molecule has 0 atom stereocenters. The molecule has 7 nitrogen and oxygen atoms in total. The number of nitrogens with one attached hydrogen (secondary N) is 1. The van der Waals surface area contributed by atoms with E-state index in [-0.39, 0.29) is 24.0 Å². The average Bonchev–Trinajstić information content (AvgIpc) is 3.43. The normalized spacial score (nSPS) is 11.5. The summed E-state index contributed by atoms with van der Waals surface area (Å²) in [5.74, 6) is 0.267. The van der Waals surface area contributed by atoms with Gasteiger partial charge in [0.25, 0.3) is 0 Å². The second-order valence-corrected chi connectivity index (χ2v) is 9.39. The summed E-state index contributed by atoms with van der Waals surface area (Å²) in [6.45, 7) is -0.0792. The van der Waals surface area contributed by atoms with Gasteiger partial charge < -0.3 is 14.6 Å². The molecule has 1 N–H and O–H groups in total. The number of hydrogen-bond acceptors (Lipinski definition) is 7. The number of ether oxygens (including phenoxy) is 1. The lowest BCUT2D eigenvalue weighted by Gasteiger charge is -2.10. The van der Waals surface area contributed by atoms with Crippen molar-refractivity contribution in [1.82, 2.24) is 19.7 Å². The number of benzene rings is 2. The van der Waals surface area contributed by atoms with Gasteiger partial charge in [0.15, 0.2) is 16.1 Å². The van der Waals surface area contributed by atoms with E-state index in [9.17, 15) is 18.0 Å². The predicted molar refractivity (Wildman–Crippen MR) is 129 cm³/mol. The van der Waals surface area contributed by atoms with Crippen LogP contribution in [0, 0.1) is 0 Å². The number of hydrogen-bond donors (Lipinski definition) is 1. The van der Waals surface area contributed by atoms with Crippen LogP contribution in [0.5, 0.6) is 5.75 Å². The Hall–Kier alpha value is -3.09. The van der Waals surface area contributed by atoms with Crippen LogP contribution in [0.1, 0.15) is 11.4 Å². The van der Waals surface area contributed by atoms with Gasteiger partial charge in [-0.2, -0.15) is 13.2 Å². The summed E-state index contributed by atoms with van der Waals surface area (Å²) >= 11 is 8.37. The van der Waals surface area contributed by atoms with Crippen LogP contribution in [0.15, 0.2) is 59.1 Å². The summed E-state index contributed by atoms with van der Waals surface area (Å²) in [5, 5.41) is 14.2. The zero-order valence-corrected chi connectivity index (χ0v) is 20.4. The topological polar surface area (TPSA) is 81.9 Å². The fourth-order valence-corrected chi connectivity index (χ4v) is 4.47. The molecule has 0 aliphatic carbocycles. The molecule has 0 unspecified atom stereocenters. The van der Waals surface area contributed by atoms with Gasteiger partial charge in [-0.25, -0.2) is 4.98 Å². The number of nitrogens with zero attached hydrogens (tertiary/aromatic N) is 4. The molecule has 0 spiro atoms. The van der Waals surface area contributed by atoms with Crippen LogP contribution in [0.25, 0.3) is 11.3 Å². The van der Waals surface area contributed by atoms with Gasteiger partial charge in [-0.05, 0) is 30.3 Å². The Labute approximate surface area is 211 Å². The van der Waals surface area contributed by atoms with Gasteiger partial charge in [0.1, 0.15) is 12.4 Å². The lowest BCUT2D eigenvalue weighted by molar-refractivity contribution is -0.137. The predicted octanol–water partition coefficient (Wildman–Crippen LogP) is 5.92. The first-order valence-corrected chi connectivity index (χ1v) is 12.3. The molecule has 2 heterocycles. The van der Waals surface area contributed by atoms with Crippen LogP contribution in [0.4, 0.5) is 18.3 Å². The zero-order valence-electron chi connectivity index (χ0n) is 18.0. The third kappa shape index (κ3) is 6.53. The molecular formula is C22H17ClF3N5O2S2. The smallest absolute Gasteiger partial charge is 0.416 e. The fraction of sp³-hybridized carbons (Fsp3) is 0.182. The van der Waals surface area contributed by atoms with Crippen LogP contribution in [-0.2, 0) is 24.6 Å². The maximum atomic E-state index is 12.9. The van der Waals surface area contributed by atoms with Crippen LogP contribution in [0.2, 0.25) is 5.02 Å². The summed E-state index contributed by atoms with van der Waals surface area (Å²) < 4.78 is 45.6.